The van der Waals surface area contributed by atoms with Gasteiger partial charge < -0.3 is 5.11 Å². The maximum atomic E-state index is 11.6. The van der Waals surface area contributed by atoms with E-state index in [1.54, 1.807) is 7.05 Å². The lowest BCUT2D eigenvalue weighted by Crippen LogP contribution is -2.37. The molecule has 0 aliphatic heterocycles. The highest BCUT2D eigenvalue weighted by Gasteiger charge is 2.06. The second-order valence-electron chi connectivity index (χ2n) is 3.57. The van der Waals surface area contributed by atoms with Crippen LogP contribution in [0.4, 0.5) is 0 Å². The van der Waals surface area contributed by atoms with Crippen LogP contribution in [0, 0.1) is 0 Å². The normalized spacial score (nSPS) is 10.5. The summed E-state index contributed by atoms with van der Waals surface area (Å²) in [5.74, 6) is 0.0590. The van der Waals surface area contributed by atoms with Gasteiger partial charge in [0.15, 0.2) is 0 Å². The fourth-order valence-corrected chi connectivity index (χ4v) is 2.20. The molecule has 0 aliphatic rings. The van der Waals surface area contributed by atoms with E-state index in [4.69, 9.17) is 5.11 Å². The van der Waals surface area contributed by atoms with E-state index in [2.05, 4.69) is 0 Å². The number of nitrogens with zero attached hydrogens (tertiary/aromatic N) is 2. The number of carbonyl (C=O) groups is 1. The summed E-state index contributed by atoms with van der Waals surface area (Å²) in [6.07, 6.45) is 0.0729. The van der Waals surface area contributed by atoms with Gasteiger partial charge in [-0.25, -0.2) is 4.79 Å². The molecule has 0 fully saturated rings. The van der Waals surface area contributed by atoms with Crippen molar-refractivity contribution in [2.45, 2.75) is 12.2 Å². The fraction of sp³-hybridized carbons (Fsp3) is 0.500. The molecule has 1 heterocycles. The molecule has 1 rings (SSSR count). The molecule has 1 N–H and O–H groups in total. The van der Waals surface area contributed by atoms with Crippen LogP contribution < -0.4 is 11.2 Å². The molecule has 6 nitrogen and oxygen atoms in total. The number of rotatable bonds is 5. The van der Waals surface area contributed by atoms with Crippen LogP contribution in [0.5, 0.6) is 0 Å². The van der Waals surface area contributed by atoms with Crippen molar-refractivity contribution in [3.8, 4) is 0 Å². The maximum Gasteiger partial charge on any atom is 0.330 e. The molecule has 0 spiro atoms. The van der Waals surface area contributed by atoms with Gasteiger partial charge in [-0.15, -0.1) is 0 Å². The number of carboxylic acid groups (broad SMARTS) is 1. The van der Waals surface area contributed by atoms with Crippen molar-refractivity contribution in [3.05, 3.63) is 32.6 Å². The van der Waals surface area contributed by atoms with Crippen LogP contribution in [0.15, 0.2) is 15.7 Å². The van der Waals surface area contributed by atoms with Crippen LogP contribution >= 0.6 is 11.8 Å². The Morgan fingerprint density at radius 3 is 2.59 bits per heavy atom. The monoisotopic (exact) mass is 258 g/mol. The Morgan fingerprint density at radius 2 is 2.00 bits per heavy atom. The summed E-state index contributed by atoms with van der Waals surface area (Å²) >= 11 is 1.38. The minimum absolute atomic E-state index is 0.0729. The number of aromatic nitrogens is 2. The van der Waals surface area contributed by atoms with Crippen LogP contribution in [0.1, 0.15) is 12.1 Å². The van der Waals surface area contributed by atoms with Crippen molar-refractivity contribution < 1.29 is 9.90 Å². The zero-order chi connectivity index (χ0) is 13.0. The Kier molecular flexibility index (Phi) is 4.56. The minimum Gasteiger partial charge on any atom is -0.481 e. The van der Waals surface area contributed by atoms with Gasteiger partial charge in [-0.2, -0.15) is 11.8 Å². The van der Waals surface area contributed by atoms with E-state index in [1.165, 1.54) is 29.4 Å². The fourth-order valence-electron chi connectivity index (χ4n) is 1.25. The number of hydrogen-bond acceptors (Lipinski definition) is 4. The zero-order valence-electron chi connectivity index (χ0n) is 9.67. The Bertz CT molecular complexity index is 532. The molecule has 0 atom stereocenters. The Hall–Kier alpha value is -1.50. The summed E-state index contributed by atoms with van der Waals surface area (Å²) in [6, 6.07) is 1.40. The van der Waals surface area contributed by atoms with Crippen molar-refractivity contribution in [2.75, 3.05) is 5.75 Å². The molecule has 1 aromatic heterocycles. The highest BCUT2D eigenvalue weighted by Crippen LogP contribution is 2.10. The van der Waals surface area contributed by atoms with E-state index < -0.39 is 5.97 Å². The third kappa shape index (κ3) is 3.48. The van der Waals surface area contributed by atoms with Crippen LogP contribution in [-0.4, -0.2) is 26.0 Å². The molecule has 0 aromatic carbocycles. The first kappa shape index (κ1) is 13.6. The smallest absolute Gasteiger partial charge is 0.330 e. The van der Waals surface area contributed by atoms with Crippen molar-refractivity contribution in [1.82, 2.24) is 9.13 Å². The van der Waals surface area contributed by atoms with Crippen molar-refractivity contribution in [2.24, 2.45) is 14.1 Å². The van der Waals surface area contributed by atoms with E-state index in [9.17, 15) is 14.4 Å². The minimum atomic E-state index is -0.852. The van der Waals surface area contributed by atoms with Crippen molar-refractivity contribution in [1.29, 1.82) is 0 Å². The van der Waals surface area contributed by atoms with Crippen molar-refractivity contribution >= 4 is 17.7 Å². The summed E-state index contributed by atoms with van der Waals surface area (Å²) in [6.45, 7) is 0. The summed E-state index contributed by atoms with van der Waals surface area (Å²) in [5, 5.41) is 8.47. The first-order valence-corrected chi connectivity index (χ1v) is 6.14. The van der Waals surface area contributed by atoms with E-state index >= 15 is 0 Å². The predicted octanol–water partition coefficient (Wildman–Crippen LogP) is -0.208. The Morgan fingerprint density at radius 1 is 1.35 bits per heavy atom. The number of aliphatic carboxylic acids is 1. The molecule has 0 saturated heterocycles. The van der Waals surface area contributed by atoms with E-state index in [-0.39, 0.29) is 17.7 Å². The van der Waals surface area contributed by atoms with Gasteiger partial charge in [0.25, 0.3) is 5.56 Å². The Balaban J connectivity index is 2.76. The molecule has 0 saturated carbocycles. The third-order valence-electron chi connectivity index (χ3n) is 2.34. The van der Waals surface area contributed by atoms with Gasteiger partial charge >= 0.3 is 11.7 Å². The zero-order valence-corrected chi connectivity index (χ0v) is 10.5. The lowest BCUT2D eigenvalue weighted by atomic mass is 10.4. The van der Waals surface area contributed by atoms with E-state index in [1.807, 2.05) is 0 Å². The summed E-state index contributed by atoms with van der Waals surface area (Å²) in [7, 11) is 3.01. The maximum absolute atomic E-state index is 11.6. The molecule has 0 aliphatic carbocycles. The molecule has 1 aromatic rings. The lowest BCUT2D eigenvalue weighted by molar-refractivity contribution is -0.136. The highest BCUT2D eigenvalue weighted by atomic mass is 32.2. The average molecular weight is 258 g/mol. The standard InChI is InChI=1S/C10H14N2O4S/c1-11-7(6-17-4-3-9(14)15)5-8(13)12(2)10(11)16/h5H,3-4,6H2,1-2H3,(H,14,15). The molecule has 0 unspecified atom stereocenters. The van der Waals surface area contributed by atoms with Gasteiger partial charge in [0.1, 0.15) is 0 Å². The van der Waals surface area contributed by atoms with E-state index in [0.29, 0.717) is 17.2 Å². The topological polar surface area (TPSA) is 81.3 Å². The van der Waals surface area contributed by atoms with Crippen molar-refractivity contribution in [3.63, 3.8) is 0 Å². The second-order valence-corrected chi connectivity index (χ2v) is 4.68. The van der Waals surface area contributed by atoms with Gasteiger partial charge in [0.2, 0.25) is 0 Å². The molecule has 0 bridgehead atoms. The molecule has 17 heavy (non-hydrogen) atoms. The van der Waals surface area contributed by atoms with Crippen LogP contribution in [0.25, 0.3) is 0 Å². The molecule has 94 valence electrons. The SMILES string of the molecule is Cn1c(CSCCC(=O)O)cc(=O)n(C)c1=O. The number of thioether (sulfide) groups is 1. The number of hydrogen-bond donors (Lipinski definition) is 1. The molecule has 7 heteroatoms. The third-order valence-corrected chi connectivity index (χ3v) is 3.33. The quantitative estimate of drug-likeness (QED) is 0.739. The average Bonchev–Trinajstić information content (AvgIpc) is 2.27. The van der Waals surface area contributed by atoms with Gasteiger partial charge in [-0.05, 0) is 0 Å². The van der Waals surface area contributed by atoms with Gasteiger partial charge in [0, 0.05) is 37.4 Å². The molecular weight excluding hydrogens is 244 g/mol. The van der Waals surface area contributed by atoms with Crippen LogP contribution in [-0.2, 0) is 24.6 Å². The Labute approximate surface area is 102 Å². The molecule has 0 amide bonds. The number of carboxylic acids is 1. The lowest BCUT2D eigenvalue weighted by Gasteiger charge is -2.08. The second kappa shape index (κ2) is 5.72. The molecular formula is C10H14N2O4S. The van der Waals surface area contributed by atoms with Gasteiger partial charge in [-0.1, -0.05) is 0 Å². The largest absolute Gasteiger partial charge is 0.481 e. The highest BCUT2D eigenvalue weighted by molar-refractivity contribution is 7.98. The van der Waals surface area contributed by atoms with Crippen LogP contribution in [0.2, 0.25) is 0 Å². The molecule has 0 radical (unpaired) electrons. The summed E-state index contributed by atoms with van der Waals surface area (Å²) in [4.78, 5) is 33.3. The van der Waals surface area contributed by atoms with Gasteiger partial charge in [-0.3, -0.25) is 18.7 Å². The summed E-state index contributed by atoms with van der Waals surface area (Å²) < 4.78 is 2.43. The van der Waals surface area contributed by atoms with E-state index in [0.717, 1.165) is 4.57 Å². The first-order chi connectivity index (χ1) is 7.93. The first-order valence-electron chi connectivity index (χ1n) is 4.99. The summed E-state index contributed by atoms with van der Waals surface area (Å²) in [5.41, 5.74) is -0.109. The van der Waals surface area contributed by atoms with Gasteiger partial charge in [0.05, 0.1) is 6.42 Å². The predicted molar refractivity (Wildman–Crippen MR) is 65.3 cm³/mol. The van der Waals surface area contributed by atoms with Crippen LogP contribution in [0.3, 0.4) is 0 Å².